The Labute approximate surface area is 188 Å². The van der Waals surface area contributed by atoms with Gasteiger partial charge in [0.2, 0.25) is 0 Å². The first-order valence-corrected chi connectivity index (χ1v) is 11.7. The maximum atomic E-state index is 5.97. The summed E-state index contributed by atoms with van der Waals surface area (Å²) < 4.78 is 5.97. The van der Waals surface area contributed by atoms with Crippen LogP contribution in [0.3, 0.4) is 0 Å². The zero-order valence-electron chi connectivity index (χ0n) is 18.7. The van der Waals surface area contributed by atoms with E-state index in [0.717, 1.165) is 46.5 Å². The molecule has 3 aromatic rings. The molecule has 3 aromatic heterocycles. The van der Waals surface area contributed by atoms with Crippen LogP contribution in [0.1, 0.15) is 57.8 Å². The normalized spacial score (nSPS) is 12.0. The number of anilines is 2. The van der Waals surface area contributed by atoms with Crippen molar-refractivity contribution in [1.29, 1.82) is 0 Å². The molecule has 3 heterocycles. The monoisotopic (exact) mass is 441 g/mol. The van der Waals surface area contributed by atoms with E-state index in [4.69, 9.17) is 4.74 Å². The van der Waals surface area contributed by atoms with E-state index in [1.165, 1.54) is 24.2 Å². The van der Waals surface area contributed by atoms with Gasteiger partial charge in [-0.3, -0.25) is 4.98 Å². The molecule has 0 saturated heterocycles. The van der Waals surface area contributed by atoms with Crippen LogP contribution in [0.15, 0.2) is 24.7 Å². The molecule has 3 rings (SSSR count). The third-order valence-electron chi connectivity index (χ3n) is 4.61. The van der Waals surface area contributed by atoms with E-state index in [0.29, 0.717) is 18.4 Å². The number of unbranched alkanes of at least 4 members (excludes halogenated alkanes) is 2. The molecular weight excluding hydrogens is 410 g/mol. The molecule has 0 aliphatic rings. The van der Waals surface area contributed by atoms with Crippen molar-refractivity contribution < 1.29 is 4.74 Å². The highest BCUT2D eigenvalue weighted by molar-refractivity contribution is 7.18. The van der Waals surface area contributed by atoms with Crippen LogP contribution >= 0.6 is 11.3 Å². The van der Waals surface area contributed by atoms with Gasteiger partial charge in [-0.25, -0.2) is 15.0 Å². The largest absolute Gasteiger partial charge is 0.460 e. The molecule has 9 heteroatoms. The summed E-state index contributed by atoms with van der Waals surface area (Å²) in [5, 5.41) is 7.17. The molecule has 166 valence electrons. The van der Waals surface area contributed by atoms with Crippen molar-refractivity contribution in [1.82, 2.24) is 30.2 Å². The number of nitrogens with one attached hydrogen (secondary N) is 2. The Morgan fingerprint density at radius 2 is 1.94 bits per heavy atom. The topological polar surface area (TPSA) is 97.7 Å². The standard InChI is InChI=1S/C22H31N7OS/c1-5-7-8-9-16(4)30-21-27-15(3)10-18(28-21)19-13-26-22(31-19)29-20-14-24-17(12-25-20)11-23-6-2/h10,12-14,16,23H,5-9,11H2,1-4H3,(H,25,26,29). The Bertz CT molecular complexity index is 945. The van der Waals surface area contributed by atoms with Gasteiger partial charge in [-0.2, -0.15) is 4.98 Å². The van der Waals surface area contributed by atoms with E-state index < -0.39 is 0 Å². The molecule has 31 heavy (non-hydrogen) atoms. The lowest BCUT2D eigenvalue weighted by Crippen LogP contribution is -2.14. The van der Waals surface area contributed by atoms with Gasteiger partial charge in [-0.1, -0.05) is 38.0 Å². The van der Waals surface area contributed by atoms with Gasteiger partial charge in [-0.15, -0.1) is 0 Å². The molecule has 0 fully saturated rings. The quantitative estimate of drug-likeness (QED) is 0.383. The fourth-order valence-electron chi connectivity index (χ4n) is 2.96. The zero-order valence-corrected chi connectivity index (χ0v) is 19.5. The summed E-state index contributed by atoms with van der Waals surface area (Å²) in [6.45, 7) is 9.89. The fraction of sp³-hybridized carbons (Fsp3) is 0.500. The van der Waals surface area contributed by atoms with Crippen LogP contribution in [0.4, 0.5) is 10.9 Å². The maximum absolute atomic E-state index is 5.97. The molecule has 0 amide bonds. The molecule has 0 aromatic carbocycles. The number of aryl methyl sites for hydroxylation is 1. The lowest BCUT2D eigenvalue weighted by atomic mass is 10.1. The average Bonchev–Trinajstić information content (AvgIpc) is 3.21. The number of hydrogen-bond acceptors (Lipinski definition) is 9. The summed E-state index contributed by atoms with van der Waals surface area (Å²) in [4.78, 5) is 23.3. The molecule has 1 atom stereocenters. The summed E-state index contributed by atoms with van der Waals surface area (Å²) in [6, 6.07) is 2.37. The van der Waals surface area contributed by atoms with Gasteiger partial charge in [0.15, 0.2) is 10.9 Å². The number of rotatable bonds is 12. The van der Waals surface area contributed by atoms with Gasteiger partial charge < -0.3 is 15.4 Å². The maximum Gasteiger partial charge on any atom is 0.317 e. The number of nitrogens with zero attached hydrogens (tertiary/aromatic N) is 5. The summed E-state index contributed by atoms with van der Waals surface area (Å²) in [5.41, 5.74) is 2.58. The van der Waals surface area contributed by atoms with Crippen molar-refractivity contribution >= 4 is 22.3 Å². The smallest absolute Gasteiger partial charge is 0.317 e. The summed E-state index contributed by atoms with van der Waals surface area (Å²) in [6.07, 6.45) is 9.94. The summed E-state index contributed by atoms with van der Waals surface area (Å²) >= 11 is 1.50. The lowest BCUT2D eigenvalue weighted by molar-refractivity contribution is 0.189. The van der Waals surface area contributed by atoms with Crippen molar-refractivity contribution in [3.05, 3.63) is 36.0 Å². The highest BCUT2D eigenvalue weighted by Gasteiger charge is 2.12. The number of thiazole rings is 1. The van der Waals surface area contributed by atoms with Crippen molar-refractivity contribution in [3.63, 3.8) is 0 Å². The van der Waals surface area contributed by atoms with Crippen LogP contribution in [-0.4, -0.2) is 37.6 Å². The Morgan fingerprint density at radius 3 is 2.68 bits per heavy atom. The minimum atomic E-state index is 0.0916. The van der Waals surface area contributed by atoms with Crippen molar-refractivity contribution in [2.75, 3.05) is 11.9 Å². The van der Waals surface area contributed by atoms with E-state index >= 15 is 0 Å². The van der Waals surface area contributed by atoms with Crippen LogP contribution in [0.5, 0.6) is 6.01 Å². The molecule has 0 saturated carbocycles. The molecule has 0 bridgehead atoms. The summed E-state index contributed by atoms with van der Waals surface area (Å²) in [5.74, 6) is 0.657. The molecule has 0 aliphatic heterocycles. The van der Waals surface area contributed by atoms with Crippen LogP contribution < -0.4 is 15.4 Å². The lowest BCUT2D eigenvalue weighted by Gasteiger charge is -2.13. The van der Waals surface area contributed by atoms with E-state index in [1.54, 1.807) is 18.6 Å². The predicted octanol–water partition coefficient (Wildman–Crippen LogP) is 4.90. The van der Waals surface area contributed by atoms with Crippen LogP contribution in [0.2, 0.25) is 0 Å². The second-order valence-corrected chi connectivity index (χ2v) is 8.46. The molecule has 2 N–H and O–H groups in total. The van der Waals surface area contributed by atoms with Gasteiger partial charge in [0.05, 0.1) is 34.8 Å². The van der Waals surface area contributed by atoms with Crippen molar-refractivity contribution in [2.45, 2.75) is 66.0 Å². The Kier molecular flexibility index (Phi) is 8.66. The second-order valence-electron chi connectivity index (χ2n) is 7.43. The third-order valence-corrected chi connectivity index (χ3v) is 5.54. The van der Waals surface area contributed by atoms with Gasteiger partial charge in [0.1, 0.15) is 0 Å². The van der Waals surface area contributed by atoms with E-state index in [2.05, 4.69) is 56.3 Å². The highest BCUT2D eigenvalue weighted by Crippen LogP contribution is 2.30. The van der Waals surface area contributed by atoms with Crippen LogP contribution in [-0.2, 0) is 6.54 Å². The molecular formula is C22H31N7OS. The minimum Gasteiger partial charge on any atom is -0.460 e. The van der Waals surface area contributed by atoms with E-state index in [-0.39, 0.29) is 6.10 Å². The Morgan fingerprint density at radius 1 is 1.06 bits per heavy atom. The SMILES string of the molecule is CCCCCC(C)Oc1nc(C)cc(-c2cnc(Nc3cnc(CNCC)cn3)s2)n1. The summed E-state index contributed by atoms with van der Waals surface area (Å²) in [7, 11) is 0. The average molecular weight is 442 g/mol. The first kappa shape index (κ1) is 23.0. The van der Waals surface area contributed by atoms with Gasteiger partial charge in [0.25, 0.3) is 0 Å². The number of ether oxygens (including phenoxy) is 1. The number of hydrogen-bond donors (Lipinski definition) is 2. The van der Waals surface area contributed by atoms with E-state index in [1.807, 2.05) is 13.0 Å². The molecule has 0 spiro atoms. The first-order chi connectivity index (χ1) is 15.1. The number of aromatic nitrogens is 5. The highest BCUT2D eigenvalue weighted by atomic mass is 32.1. The van der Waals surface area contributed by atoms with Gasteiger partial charge >= 0.3 is 6.01 Å². The molecule has 0 radical (unpaired) electrons. The first-order valence-electron chi connectivity index (χ1n) is 10.8. The van der Waals surface area contributed by atoms with Crippen LogP contribution in [0, 0.1) is 6.92 Å². The minimum absolute atomic E-state index is 0.0916. The second kappa shape index (κ2) is 11.7. The third kappa shape index (κ3) is 7.22. The predicted molar refractivity (Wildman–Crippen MR) is 125 cm³/mol. The Balaban J connectivity index is 1.65. The van der Waals surface area contributed by atoms with Crippen molar-refractivity contribution in [3.8, 4) is 16.6 Å². The van der Waals surface area contributed by atoms with Gasteiger partial charge in [-0.05, 0) is 39.3 Å². The zero-order chi connectivity index (χ0) is 22.1. The fourth-order valence-corrected chi connectivity index (χ4v) is 3.75. The molecule has 1 unspecified atom stereocenters. The Hall–Kier alpha value is -2.65. The van der Waals surface area contributed by atoms with E-state index in [9.17, 15) is 0 Å². The van der Waals surface area contributed by atoms with Crippen molar-refractivity contribution in [2.24, 2.45) is 0 Å². The van der Waals surface area contributed by atoms with Crippen LogP contribution in [0.25, 0.3) is 10.6 Å². The molecule has 0 aliphatic carbocycles. The molecule has 8 nitrogen and oxygen atoms in total. The van der Waals surface area contributed by atoms with Gasteiger partial charge in [0, 0.05) is 18.4 Å².